The number of thiazole rings is 1. The molecule has 1 aromatic carbocycles. The molecule has 0 bridgehead atoms. The van der Waals surface area contributed by atoms with Crippen LogP contribution in [0.15, 0.2) is 34.4 Å². The Kier molecular flexibility index (Phi) is 4.97. The van der Waals surface area contributed by atoms with Gasteiger partial charge in [-0.1, -0.05) is 12.1 Å². The second kappa shape index (κ2) is 7.70. The summed E-state index contributed by atoms with van der Waals surface area (Å²) in [6.45, 7) is 7.96. The number of hydrogen-bond donors (Lipinski definition) is 1. The summed E-state index contributed by atoms with van der Waals surface area (Å²) in [5, 5.41) is 9.62. The van der Waals surface area contributed by atoms with Crippen LogP contribution in [0.3, 0.4) is 0 Å². The van der Waals surface area contributed by atoms with Crippen LogP contribution in [0.2, 0.25) is 0 Å². The molecule has 1 saturated carbocycles. The maximum atomic E-state index is 13.6. The molecule has 0 atom stereocenters. The molecule has 1 amide bonds. The van der Waals surface area contributed by atoms with Gasteiger partial charge in [-0.05, 0) is 63.8 Å². The van der Waals surface area contributed by atoms with E-state index in [1.54, 1.807) is 4.40 Å². The van der Waals surface area contributed by atoms with Crippen LogP contribution in [0.25, 0.3) is 21.9 Å². The van der Waals surface area contributed by atoms with Gasteiger partial charge in [-0.15, -0.1) is 11.3 Å². The summed E-state index contributed by atoms with van der Waals surface area (Å²) in [6, 6.07) is 8.33. The summed E-state index contributed by atoms with van der Waals surface area (Å²) in [5.74, 6) is -0.0590. The monoisotopic (exact) mass is 447 g/mol. The van der Waals surface area contributed by atoms with Crippen molar-refractivity contribution >= 4 is 22.2 Å². The first-order valence-corrected chi connectivity index (χ1v) is 11.6. The SMILES string of the molecule is Cc1cccc(-n2nc(-c3c(C)nc4scc(CC(=O)NC5CC5)n4c3=O)cc2C)c1C. The Morgan fingerprint density at radius 3 is 2.75 bits per heavy atom. The largest absolute Gasteiger partial charge is 0.353 e. The average Bonchev–Trinajstić information content (AvgIpc) is 3.34. The third kappa shape index (κ3) is 3.54. The highest BCUT2D eigenvalue weighted by Gasteiger charge is 2.25. The molecule has 4 aromatic rings. The van der Waals surface area contributed by atoms with E-state index in [-0.39, 0.29) is 23.9 Å². The van der Waals surface area contributed by atoms with E-state index < -0.39 is 0 Å². The van der Waals surface area contributed by atoms with Crippen LogP contribution in [0, 0.1) is 27.7 Å². The minimum atomic E-state index is -0.186. The highest BCUT2D eigenvalue weighted by molar-refractivity contribution is 7.15. The Morgan fingerprint density at radius 1 is 1.22 bits per heavy atom. The lowest BCUT2D eigenvalue weighted by molar-refractivity contribution is -0.120. The molecule has 32 heavy (non-hydrogen) atoms. The molecule has 1 aliphatic carbocycles. The van der Waals surface area contributed by atoms with Gasteiger partial charge in [-0.25, -0.2) is 9.67 Å². The molecule has 0 unspecified atom stereocenters. The van der Waals surface area contributed by atoms with Crippen LogP contribution < -0.4 is 10.9 Å². The lowest BCUT2D eigenvalue weighted by Crippen LogP contribution is -2.29. The van der Waals surface area contributed by atoms with E-state index in [4.69, 9.17) is 5.10 Å². The van der Waals surface area contributed by atoms with Gasteiger partial charge in [-0.3, -0.25) is 14.0 Å². The molecule has 8 heteroatoms. The fourth-order valence-electron chi connectivity index (χ4n) is 4.00. The molecular formula is C24H25N5O2S. The maximum absolute atomic E-state index is 13.6. The van der Waals surface area contributed by atoms with Gasteiger partial charge in [0.15, 0.2) is 4.96 Å². The van der Waals surface area contributed by atoms with Crippen molar-refractivity contribution in [1.29, 1.82) is 0 Å². The Labute approximate surface area is 189 Å². The third-order valence-electron chi connectivity index (χ3n) is 6.05. The van der Waals surface area contributed by atoms with Crippen LogP contribution in [-0.4, -0.2) is 31.1 Å². The van der Waals surface area contributed by atoms with Gasteiger partial charge >= 0.3 is 0 Å². The first-order chi connectivity index (χ1) is 15.3. The Morgan fingerprint density at radius 2 is 2.00 bits per heavy atom. The molecule has 1 aliphatic rings. The number of carbonyl (C=O) groups is 1. The van der Waals surface area contributed by atoms with Gasteiger partial charge in [0.05, 0.1) is 23.4 Å². The second-order valence-corrected chi connectivity index (χ2v) is 9.38. The lowest BCUT2D eigenvalue weighted by atomic mass is 10.1. The Bertz CT molecular complexity index is 1420. The summed E-state index contributed by atoms with van der Waals surface area (Å²) in [7, 11) is 0. The fourth-order valence-corrected chi connectivity index (χ4v) is 4.93. The molecule has 0 aliphatic heterocycles. The number of benzene rings is 1. The van der Waals surface area contributed by atoms with E-state index in [0.29, 0.717) is 27.6 Å². The fraction of sp³-hybridized carbons (Fsp3) is 0.333. The van der Waals surface area contributed by atoms with Crippen LogP contribution in [-0.2, 0) is 11.2 Å². The molecule has 0 radical (unpaired) electrons. The summed E-state index contributed by atoms with van der Waals surface area (Å²) < 4.78 is 3.44. The third-order valence-corrected chi connectivity index (χ3v) is 6.93. The van der Waals surface area contributed by atoms with Crippen molar-refractivity contribution in [2.75, 3.05) is 0 Å². The van der Waals surface area contributed by atoms with Gasteiger partial charge in [0.1, 0.15) is 5.69 Å². The molecule has 3 aromatic heterocycles. The summed E-state index contributed by atoms with van der Waals surface area (Å²) in [6.07, 6.45) is 2.23. The molecular weight excluding hydrogens is 422 g/mol. The van der Waals surface area contributed by atoms with Gasteiger partial charge < -0.3 is 5.32 Å². The summed E-state index contributed by atoms with van der Waals surface area (Å²) in [5.41, 5.74) is 6.43. The van der Waals surface area contributed by atoms with E-state index in [1.807, 2.05) is 42.1 Å². The number of aromatic nitrogens is 4. The van der Waals surface area contributed by atoms with Crippen molar-refractivity contribution < 1.29 is 4.79 Å². The standard InChI is InChI=1S/C24H25N5O2S/c1-13-6-5-7-20(15(13)3)29-14(2)10-19(27-29)22-16(4)25-24-28(23(22)31)18(12-32-24)11-21(30)26-17-8-9-17/h5-7,10,12,17H,8-9,11H2,1-4H3,(H,26,30). The second-order valence-electron chi connectivity index (χ2n) is 8.54. The number of hydrogen-bond acceptors (Lipinski definition) is 5. The minimum Gasteiger partial charge on any atom is -0.353 e. The van der Waals surface area contributed by atoms with Gasteiger partial charge in [0, 0.05) is 22.8 Å². The first-order valence-electron chi connectivity index (χ1n) is 10.8. The predicted octanol–water partition coefficient (Wildman–Crippen LogP) is 3.66. The quantitative estimate of drug-likeness (QED) is 0.506. The number of nitrogens with zero attached hydrogens (tertiary/aromatic N) is 4. The molecule has 3 heterocycles. The van der Waals surface area contributed by atoms with Crippen molar-refractivity contribution in [2.24, 2.45) is 0 Å². The molecule has 1 N–H and O–H groups in total. The zero-order chi connectivity index (χ0) is 22.6. The maximum Gasteiger partial charge on any atom is 0.268 e. The molecule has 164 valence electrons. The van der Waals surface area contributed by atoms with Crippen molar-refractivity contribution in [3.8, 4) is 16.9 Å². The van der Waals surface area contributed by atoms with Crippen molar-refractivity contribution in [3.05, 3.63) is 68.2 Å². The van der Waals surface area contributed by atoms with Crippen LogP contribution in [0.4, 0.5) is 0 Å². The zero-order valence-corrected chi connectivity index (χ0v) is 19.4. The van der Waals surface area contributed by atoms with Crippen molar-refractivity contribution in [3.63, 3.8) is 0 Å². The van der Waals surface area contributed by atoms with Crippen LogP contribution >= 0.6 is 11.3 Å². The summed E-state index contributed by atoms with van der Waals surface area (Å²) in [4.78, 5) is 31.2. The molecule has 5 rings (SSSR count). The van der Waals surface area contributed by atoms with E-state index in [2.05, 4.69) is 30.2 Å². The molecule has 7 nitrogen and oxygen atoms in total. The van der Waals surface area contributed by atoms with Crippen molar-refractivity contribution in [1.82, 2.24) is 24.5 Å². The van der Waals surface area contributed by atoms with Gasteiger partial charge in [-0.2, -0.15) is 5.10 Å². The highest BCUT2D eigenvalue weighted by Crippen LogP contribution is 2.25. The Balaban J connectivity index is 1.60. The number of rotatable bonds is 5. The van der Waals surface area contributed by atoms with E-state index in [0.717, 1.165) is 29.8 Å². The highest BCUT2D eigenvalue weighted by atomic mass is 32.1. The molecule has 0 spiro atoms. The zero-order valence-electron chi connectivity index (χ0n) is 18.6. The van der Waals surface area contributed by atoms with E-state index >= 15 is 0 Å². The molecule has 1 fully saturated rings. The van der Waals surface area contributed by atoms with E-state index in [1.165, 1.54) is 16.9 Å². The number of amides is 1. The summed E-state index contributed by atoms with van der Waals surface area (Å²) >= 11 is 1.38. The van der Waals surface area contributed by atoms with Gasteiger partial charge in [0.25, 0.3) is 5.56 Å². The lowest BCUT2D eigenvalue weighted by Gasteiger charge is -2.10. The average molecular weight is 448 g/mol. The molecule has 0 saturated heterocycles. The normalized spacial score (nSPS) is 13.6. The van der Waals surface area contributed by atoms with Crippen LogP contribution in [0.5, 0.6) is 0 Å². The minimum absolute atomic E-state index is 0.0590. The van der Waals surface area contributed by atoms with E-state index in [9.17, 15) is 9.59 Å². The number of carbonyl (C=O) groups excluding carboxylic acids is 1. The topological polar surface area (TPSA) is 81.3 Å². The first kappa shape index (κ1) is 20.6. The number of nitrogens with one attached hydrogen (secondary N) is 1. The van der Waals surface area contributed by atoms with Crippen molar-refractivity contribution in [2.45, 2.75) is 53.0 Å². The number of fused-ring (bicyclic) bond motifs is 1. The Hall–Kier alpha value is -3.26. The van der Waals surface area contributed by atoms with Gasteiger partial charge in [0.2, 0.25) is 5.91 Å². The van der Waals surface area contributed by atoms with Crippen LogP contribution in [0.1, 0.15) is 41.1 Å². The number of aryl methyl sites for hydroxylation is 3. The predicted molar refractivity (Wildman–Crippen MR) is 126 cm³/mol. The smallest absolute Gasteiger partial charge is 0.268 e.